The van der Waals surface area contributed by atoms with Crippen LogP contribution < -0.4 is 20.7 Å². The van der Waals surface area contributed by atoms with E-state index in [-0.39, 0.29) is 53.3 Å². The van der Waals surface area contributed by atoms with Gasteiger partial charge in [0.2, 0.25) is 11.8 Å². The number of amides is 3. The minimum atomic E-state index is -1.31. The predicted molar refractivity (Wildman–Crippen MR) is 206 cm³/mol. The van der Waals surface area contributed by atoms with Crippen LogP contribution in [-0.4, -0.2) is 93.4 Å². The second-order valence-electron chi connectivity index (χ2n) is 16.8. The van der Waals surface area contributed by atoms with E-state index in [0.717, 1.165) is 12.8 Å². The van der Waals surface area contributed by atoms with Crippen molar-refractivity contribution in [3.63, 3.8) is 0 Å². The number of ether oxygens (including phenoxy) is 3. The van der Waals surface area contributed by atoms with Gasteiger partial charge in [-0.05, 0) is 68.9 Å². The average Bonchev–Trinajstić information content (AvgIpc) is 3.80. The van der Waals surface area contributed by atoms with Gasteiger partial charge in [-0.3, -0.25) is 9.59 Å². The van der Waals surface area contributed by atoms with E-state index in [1.165, 1.54) is 30.8 Å². The molecule has 1 saturated heterocycles. The molecule has 2 unspecified atom stereocenters. The van der Waals surface area contributed by atoms with Gasteiger partial charge in [0.25, 0.3) is 6.01 Å². The van der Waals surface area contributed by atoms with E-state index in [4.69, 9.17) is 30.2 Å². The maximum atomic E-state index is 14.7. The Morgan fingerprint density at radius 3 is 2.46 bits per heavy atom. The Balaban J connectivity index is 1.20. The fourth-order valence-electron chi connectivity index (χ4n) is 8.06. The lowest BCUT2D eigenvalue weighted by molar-refractivity contribution is -0.148. The molecule has 0 bridgehead atoms. The fourth-order valence-corrected chi connectivity index (χ4v) is 8.27. The van der Waals surface area contributed by atoms with Crippen molar-refractivity contribution in [2.75, 3.05) is 19.0 Å². The summed E-state index contributed by atoms with van der Waals surface area (Å²) in [5.74, 6) is -0.758. The third-order valence-electron chi connectivity index (χ3n) is 11.2. The number of esters is 1. The van der Waals surface area contributed by atoms with Crippen molar-refractivity contribution >= 4 is 52.4 Å². The topological polar surface area (TPSA) is 194 Å². The highest BCUT2D eigenvalue weighted by atomic mass is 35.5. The van der Waals surface area contributed by atoms with E-state index in [1.807, 2.05) is 34.6 Å². The molecule has 3 aliphatic carbocycles. The van der Waals surface area contributed by atoms with Crippen LogP contribution in [0.25, 0.3) is 22.3 Å². The number of phenols is 1. The van der Waals surface area contributed by atoms with Crippen LogP contribution in [0.4, 0.5) is 10.8 Å². The van der Waals surface area contributed by atoms with Crippen LogP contribution in [0.15, 0.2) is 41.5 Å². The van der Waals surface area contributed by atoms with Gasteiger partial charge >= 0.3 is 12.1 Å². The van der Waals surface area contributed by atoms with Gasteiger partial charge in [-0.15, -0.1) is 6.58 Å². The highest BCUT2D eigenvalue weighted by Crippen LogP contribution is 2.52. The maximum absolute atomic E-state index is 14.7. The number of alkyl carbamates (subject to hydrolysis) is 1. The molecule has 4 aliphatic rings. The maximum Gasteiger partial charge on any atom is 0.408 e. The Morgan fingerprint density at radius 2 is 1.82 bits per heavy atom. The molecular weight excluding hydrogens is 744 g/mol. The highest BCUT2D eigenvalue weighted by Gasteiger charge is 2.62. The molecule has 8 atom stereocenters. The minimum absolute atomic E-state index is 0.00590. The lowest BCUT2D eigenvalue weighted by Gasteiger charge is -2.35. The summed E-state index contributed by atoms with van der Waals surface area (Å²) in [5, 5.41) is 19.7. The number of carbonyl (C=O) groups excluding carboxylic acids is 4. The number of hydrogen-bond donors (Lipinski definition) is 4. The van der Waals surface area contributed by atoms with Crippen molar-refractivity contribution in [3.8, 4) is 22.9 Å². The van der Waals surface area contributed by atoms with Crippen molar-refractivity contribution in [2.45, 2.75) is 103 Å². The summed E-state index contributed by atoms with van der Waals surface area (Å²) in [6, 6.07) is 2.84. The summed E-state index contributed by atoms with van der Waals surface area (Å²) in [4.78, 5) is 65.7. The zero-order valence-corrected chi connectivity index (χ0v) is 33.1. The summed E-state index contributed by atoms with van der Waals surface area (Å²) in [7, 11) is 1.25. The fraction of sp³-hybridized carbons (Fsp3) is 0.550. The van der Waals surface area contributed by atoms with Gasteiger partial charge < -0.3 is 44.6 Å². The van der Waals surface area contributed by atoms with E-state index < -0.39 is 53.0 Å². The number of anilines is 1. The molecule has 16 heteroatoms. The molecule has 3 saturated carbocycles. The highest BCUT2D eigenvalue weighted by molar-refractivity contribution is 6.36. The van der Waals surface area contributed by atoms with Crippen molar-refractivity contribution < 1.29 is 42.9 Å². The number of nitrogens with one attached hydrogen (secondary N) is 3. The van der Waals surface area contributed by atoms with Gasteiger partial charge in [-0.2, -0.15) is 4.98 Å². The first-order valence-corrected chi connectivity index (χ1v) is 19.4. The Morgan fingerprint density at radius 1 is 1.09 bits per heavy atom. The molecule has 3 aromatic rings. The first-order valence-electron chi connectivity index (χ1n) is 19.0. The number of aromatic hydroxyl groups is 1. The lowest BCUT2D eigenvalue weighted by atomic mass is 9.85. The molecule has 4 fully saturated rings. The van der Waals surface area contributed by atoms with E-state index in [2.05, 4.69) is 32.5 Å². The number of halogens is 1. The quantitative estimate of drug-likeness (QED) is 0.131. The van der Waals surface area contributed by atoms with Crippen LogP contribution in [0.3, 0.4) is 0 Å². The molecule has 4 N–H and O–H groups in total. The number of rotatable bonds is 12. The summed E-state index contributed by atoms with van der Waals surface area (Å²) >= 11 is 6.57. The Hall–Kier alpha value is -5.05. The predicted octanol–water partition coefficient (Wildman–Crippen LogP) is 5.59. The number of nitrogens with zero attached hydrogens (tertiary/aromatic N) is 3. The number of methoxy groups -OCH3 is 1. The molecule has 3 amide bonds. The smallest absolute Gasteiger partial charge is 0.408 e. The van der Waals surface area contributed by atoms with Crippen LogP contribution in [0.5, 0.6) is 11.5 Å². The third kappa shape index (κ3) is 7.69. The van der Waals surface area contributed by atoms with E-state index in [9.17, 15) is 24.3 Å². The molecule has 1 aliphatic heterocycles. The standard InChI is InChI=1S/C40H49ClN6O9/c1-8-22-16-40(22,36(51)53-7)46-34(49)28-14-24(17-47(28)35(50)33(39(4,5)6)45-38(52)56-23-12-20-11-21(20)13-23)55-30-15-26(27-18-54-37(44-27)42-19(2)3)43-32-25(30)9-10-29(48)31(32)41/h8-10,15,18-24,28,33,48H,1,11-14,16-17H2,2-7H3,(H,42,44)(H,45,52)(H,46,49)/t20-,21+,22-,23+,24?,28+,33-,40?/m1/s1. The lowest BCUT2D eigenvalue weighted by Crippen LogP contribution is -2.59. The number of aromatic nitrogens is 2. The van der Waals surface area contributed by atoms with Crippen molar-refractivity contribution in [1.82, 2.24) is 25.5 Å². The van der Waals surface area contributed by atoms with Crippen LogP contribution in [0.1, 0.15) is 66.7 Å². The number of hydrogen-bond acceptors (Lipinski definition) is 12. The first kappa shape index (κ1) is 39.2. The van der Waals surface area contributed by atoms with Crippen molar-refractivity contribution in [2.24, 2.45) is 23.2 Å². The van der Waals surface area contributed by atoms with Gasteiger partial charge in [-0.1, -0.05) is 38.4 Å². The second kappa shape index (κ2) is 14.8. The zero-order valence-electron chi connectivity index (χ0n) is 32.4. The van der Waals surface area contributed by atoms with Crippen molar-refractivity contribution in [1.29, 1.82) is 0 Å². The third-order valence-corrected chi connectivity index (χ3v) is 11.6. The molecule has 3 heterocycles. The summed E-state index contributed by atoms with van der Waals surface area (Å²) in [6.45, 7) is 13.1. The summed E-state index contributed by atoms with van der Waals surface area (Å²) < 4.78 is 23.0. The van der Waals surface area contributed by atoms with Gasteiger partial charge in [0.15, 0.2) is 0 Å². The van der Waals surface area contributed by atoms with Gasteiger partial charge in [0, 0.05) is 29.8 Å². The molecule has 7 rings (SSSR count). The van der Waals surface area contributed by atoms with E-state index in [1.54, 1.807) is 18.2 Å². The molecule has 2 aromatic heterocycles. The molecule has 300 valence electrons. The number of fused-ring (bicyclic) bond motifs is 2. The van der Waals surface area contributed by atoms with Crippen LogP contribution in [0.2, 0.25) is 5.02 Å². The SMILES string of the molecule is C=C[C@@H]1CC1(NC(=O)[C@@H]1CC(Oc2cc(-c3coc(NC(C)C)n3)nc3c(Cl)c(O)ccc23)CN1C(=O)[C@@H](NC(=O)O[C@@H]1C[C@@H]2C[C@@H]2C1)C(C)(C)C)C(=O)OC. The number of pyridine rings is 1. The molecule has 1 aromatic carbocycles. The van der Waals surface area contributed by atoms with Crippen LogP contribution in [0, 0.1) is 23.2 Å². The average molecular weight is 793 g/mol. The Bertz CT molecular complexity index is 2050. The van der Waals surface area contributed by atoms with Gasteiger partial charge in [0.05, 0.1) is 24.9 Å². The molecule has 15 nitrogen and oxygen atoms in total. The molecule has 0 radical (unpaired) electrons. The number of carbonyl (C=O) groups is 4. The summed E-state index contributed by atoms with van der Waals surface area (Å²) in [5.41, 5.74) is -1.17. The normalized spacial score (nSPS) is 27.0. The van der Waals surface area contributed by atoms with E-state index >= 15 is 0 Å². The Labute approximate surface area is 329 Å². The largest absolute Gasteiger partial charge is 0.506 e. The van der Waals surface area contributed by atoms with Crippen molar-refractivity contribution in [3.05, 3.63) is 42.1 Å². The Kier molecular flexibility index (Phi) is 10.4. The number of benzene rings is 1. The second-order valence-corrected chi connectivity index (χ2v) is 17.2. The zero-order chi connectivity index (χ0) is 40.3. The van der Waals surface area contributed by atoms with E-state index in [0.29, 0.717) is 40.8 Å². The molecule has 0 spiro atoms. The molecular formula is C40H49ClN6O9. The number of likely N-dealkylation sites (tertiary alicyclic amines) is 1. The van der Waals surface area contributed by atoms with Crippen LogP contribution in [-0.2, 0) is 23.9 Å². The molecule has 56 heavy (non-hydrogen) atoms. The van der Waals surface area contributed by atoms with Gasteiger partial charge in [0.1, 0.15) is 58.3 Å². The van der Waals surface area contributed by atoms with Gasteiger partial charge in [-0.25, -0.2) is 14.6 Å². The summed E-state index contributed by atoms with van der Waals surface area (Å²) in [6.07, 6.45) is 4.49. The van der Waals surface area contributed by atoms with Crippen LogP contribution >= 0.6 is 11.6 Å². The minimum Gasteiger partial charge on any atom is -0.506 e. The number of oxazole rings is 1. The monoisotopic (exact) mass is 792 g/mol. The number of phenolic OH excluding ortho intramolecular Hbond substituents is 1. The first-order chi connectivity index (χ1) is 26.5.